The van der Waals surface area contributed by atoms with Crippen molar-refractivity contribution in [2.75, 3.05) is 11.1 Å². The van der Waals surface area contributed by atoms with Gasteiger partial charge in [0.25, 0.3) is 0 Å². The zero-order chi connectivity index (χ0) is 18.6. The number of carbonyl (C=O) groups excluding carboxylic acids is 1. The smallest absolute Gasteiger partial charge is 0.406 e. The number of carbonyl (C=O) groups is 1. The average molecular weight is 379 g/mol. The maximum atomic E-state index is 12.1. The fraction of sp³-hybridized carbons (Fsp3) is 0.118. The first kappa shape index (κ1) is 18.0. The number of thioether (sulfide) groups is 1. The molecule has 2 aromatic carbocycles. The molecule has 0 atom stereocenters. The number of halogens is 3. The molecule has 0 aliphatic heterocycles. The lowest BCUT2D eigenvalue weighted by Crippen LogP contribution is -2.17. The SMILES string of the molecule is O=C(CSc1nncc2ccccc12)Nc1ccc(OC(F)(F)F)cc1. The topological polar surface area (TPSA) is 64.1 Å². The van der Waals surface area contributed by atoms with Crippen molar-refractivity contribution in [3.63, 3.8) is 0 Å². The van der Waals surface area contributed by atoms with Gasteiger partial charge in [-0.1, -0.05) is 36.0 Å². The van der Waals surface area contributed by atoms with Gasteiger partial charge in [-0.05, 0) is 24.3 Å². The largest absolute Gasteiger partial charge is 0.573 e. The molecule has 3 rings (SSSR count). The van der Waals surface area contributed by atoms with Crippen LogP contribution in [0.3, 0.4) is 0 Å². The predicted octanol–water partition coefficient (Wildman–Crippen LogP) is 4.26. The van der Waals surface area contributed by atoms with E-state index in [0.29, 0.717) is 10.7 Å². The van der Waals surface area contributed by atoms with Gasteiger partial charge in [0.1, 0.15) is 10.8 Å². The molecule has 0 unspecified atom stereocenters. The highest BCUT2D eigenvalue weighted by atomic mass is 32.2. The molecule has 1 N–H and O–H groups in total. The standard InChI is InChI=1S/C17H12F3N3O2S/c18-17(19,20)25-13-7-5-12(6-8-13)22-15(24)10-26-16-14-4-2-1-3-11(14)9-21-23-16/h1-9H,10H2,(H,22,24). The van der Waals surface area contributed by atoms with E-state index in [0.717, 1.165) is 22.9 Å². The van der Waals surface area contributed by atoms with Gasteiger partial charge in [-0.2, -0.15) is 5.10 Å². The molecule has 0 bridgehead atoms. The summed E-state index contributed by atoms with van der Waals surface area (Å²) < 4.78 is 40.1. The second-order valence-corrected chi connectivity index (χ2v) is 6.11. The van der Waals surface area contributed by atoms with Crippen molar-refractivity contribution in [3.8, 4) is 5.75 Å². The van der Waals surface area contributed by atoms with Gasteiger partial charge >= 0.3 is 6.36 Å². The predicted molar refractivity (Wildman–Crippen MR) is 92.0 cm³/mol. The maximum absolute atomic E-state index is 12.1. The van der Waals surface area contributed by atoms with Crippen molar-refractivity contribution in [2.45, 2.75) is 11.4 Å². The Bertz CT molecular complexity index is 912. The van der Waals surface area contributed by atoms with E-state index in [2.05, 4.69) is 20.3 Å². The Labute approximate surface area is 150 Å². The molecular formula is C17H12F3N3O2S. The third-order valence-electron chi connectivity index (χ3n) is 3.25. The minimum Gasteiger partial charge on any atom is -0.406 e. The van der Waals surface area contributed by atoms with E-state index in [1.54, 1.807) is 6.20 Å². The van der Waals surface area contributed by atoms with E-state index in [1.165, 1.54) is 23.9 Å². The fourth-order valence-corrected chi connectivity index (χ4v) is 2.97. The van der Waals surface area contributed by atoms with Crippen LogP contribution < -0.4 is 10.1 Å². The van der Waals surface area contributed by atoms with E-state index < -0.39 is 6.36 Å². The quantitative estimate of drug-likeness (QED) is 0.671. The van der Waals surface area contributed by atoms with Gasteiger partial charge in [-0.15, -0.1) is 18.3 Å². The summed E-state index contributed by atoms with van der Waals surface area (Å²) in [6.07, 6.45) is -3.11. The van der Waals surface area contributed by atoms with E-state index in [9.17, 15) is 18.0 Å². The van der Waals surface area contributed by atoms with Crippen LogP contribution in [0.2, 0.25) is 0 Å². The highest BCUT2D eigenvalue weighted by molar-refractivity contribution is 8.00. The number of alkyl halides is 3. The summed E-state index contributed by atoms with van der Waals surface area (Å²) in [4.78, 5) is 12.0. The molecule has 1 aromatic heterocycles. The summed E-state index contributed by atoms with van der Waals surface area (Å²) in [7, 11) is 0. The Morgan fingerprint density at radius 3 is 2.58 bits per heavy atom. The van der Waals surface area contributed by atoms with Gasteiger partial charge in [0.2, 0.25) is 5.91 Å². The lowest BCUT2D eigenvalue weighted by molar-refractivity contribution is -0.274. The molecule has 26 heavy (non-hydrogen) atoms. The normalized spacial score (nSPS) is 11.3. The molecule has 0 saturated carbocycles. The minimum atomic E-state index is -4.75. The minimum absolute atomic E-state index is 0.0868. The van der Waals surface area contributed by atoms with Gasteiger partial charge < -0.3 is 10.1 Å². The van der Waals surface area contributed by atoms with Crippen LogP contribution in [0, 0.1) is 0 Å². The highest BCUT2D eigenvalue weighted by Gasteiger charge is 2.30. The van der Waals surface area contributed by atoms with E-state index >= 15 is 0 Å². The number of amides is 1. The maximum Gasteiger partial charge on any atom is 0.573 e. The van der Waals surface area contributed by atoms with Gasteiger partial charge in [0.05, 0.1) is 11.9 Å². The first-order chi connectivity index (χ1) is 12.4. The van der Waals surface area contributed by atoms with Crippen molar-refractivity contribution in [1.29, 1.82) is 0 Å². The summed E-state index contributed by atoms with van der Waals surface area (Å²) in [5.74, 6) is -0.575. The third kappa shape index (κ3) is 4.85. The molecule has 0 saturated heterocycles. The molecule has 9 heteroatoms. The van der Waals surface area contributed by atoms with E-state index in [4.69, 9.17) is 0 Å². The summed E-state index contributed by atoms with van der Waals surface area (Å²) >= 11 is 1.23. The monoisotopic (exact) mass is 379 g/mol. The third-order valence-corrected chi connectivity index (χ3v) is 4.23. The molecule has 1 amide bonds. The van der Waals surface area contributed by atoms with Gasteiger partial charge in [0.15, 0.2) is 0 Å². The second kappa shape index (κ2) is 7.61. The Hall–Kier alpha value is -2.81. The van der Waals surface area contributed by atoms with Crippen molar-refractivity contribution in [2.24, 2.45) is 0 Å². The van der Waals surface area contributed by atoms with Gasteiger partial charge in [0, 0.05) is 16.5 Å². The zero-order valence-electron chi connectivity index (χ0n) is 13.2. The van der Waals surface area contributed by atoms with Crippen molar-refractivity contribution < 1.29 is 22.7 Å². The van der Waals surface area contributed by atoms with Crippen LogP contribution in [0.15, 0.2) is 59.8 Å². The summed E-state index contributed by atoms with van der Waals surface area (Å²) in [5, 5.41) is 13.0. The Balaban J connectivity index is 1.59. The molecule has 1 heterocycles. The number of aromatic nitrogens is 2. The van der Waals surface area contributed by atoms with Crippen LogP contribution in [0.4, 0.5) is 18.9 Å². The van der Waals surface area contributed by atoms with Gasteiger partial charge in [-0.25, -0.2) is 0 Å². The fourth-order valence-electron chi connectivity index (χ4n) is 2.18. The van der Waals surface area contributed by atoms with Gasteiger partial charge in [-0.3, -0.25) is 4.79 Å². The zero-order valence-corrected chi connectivity index (χ0v) is 14.0. The molecule has 0 aliphatic carbocycles. The van der Waals surface area contributed by atoms with Crippen LogP contribution in [-0.2, 0) is 4.79 Å². The van der Waals surface area contributed by atoms with E-state index in [1.807, 2.05) is 24.3 Å². The molecule has 0 aliphatic rings. The van der Waals surface area contributed by atoms with Crippen LogP contribution in [0.1, 0.15) is 0 Å². The Kier molecular flexibility index (Phi) is 5.27. The number of anilines is 1. The van der Waals surface area contributed by atoms with Crippen molar-refractivity contribution >= 4 is 34.1 Å². The number of ether oxygens (including phenoxy) is 1. The lowest BCUT2D eigenvalue weighted by atomic mass is 10.2. The molecule has 3 aromatic rings. The average Bonchev–Trinajstić information content (AvgIpc) is 2.60. The number of hydrogen-bond acceptors (Lipinski definition) is 5. The van der Waals surface area contributed by atoms with Crippen molar-refractivity contribution in [1.82, 2.24) is 10.2 Å². The van der Waals surface area contributed by atoms with Crippen LogP contribution >= 0.6 is 11.8 Å². The summed E-state index contributed by atoms with van der Waals surface area (Å²) in [6.45, 7) is 0. The molecule has 134 valence electrons. The van der Waals surface area contributed by atoms with Crippen LogP contribution in [-0.4, -0.2) is 28.2 Å². The van der Waals surface area contributed by atoms with Crippen LogP contribution in [0.5, 0.6) is 5.75 Å². The number of fused-ring (bicyclic) bond motifs is 1. The molecular weight excluding hydrogens is 367 g/mol. The number of benzene rings is 2. The summed E-state index contributed by atoms with van der Waals surface area (Å²) in [5.41, 5.74) is 0.370. The second-order valence-electron chi connectivity index (χ2n) is 5.15. The lowest BCUT2D eigenvalue weighted by Gasteiger charge is -2.10. The first-order valence-electron chi connectivity index (χ1n) is 7.39. The number of nitrogens with zero attached hydrogens (tertiary/aromatic N) is 2. The number of hydrogen-bond donors (Lipinski definition) is 1. The Morgan fingerprint density at radius 2 is 1.85 bits per heavy atom. The molecule has 0 radical (unpaired) electrons. The Morgan fingerprint density at radius 1 is 1.12 bits per heavy atom. The first-order valence-corrected chi connectivity index (χ1v) is 8.38. The molecule has 0 spiro atoms. The van der Waals surface area contributed by atoms with Crippen molar-refractivity contribution in [3.05, 3.63) is 54.7 Å². The molecule has 5 nitrogen and oxygen atoms in total. The van der Waals surface area contributed by atoms with Crippen LogP contribution in [0.25, 0.3) is 10.8 Å². The number of rotatable bonds is 5. The highest BCUT2D eigenvalue weighted by Crippen LogP contribution is 2.26. The molecule has 0 fully saturated rings. The van der Waals surface area contributed by atoms with E-state index in [-0.39, 0.29) is 17.4 Å². The number of nitrogens with one attached hydrogen (secondary N) is 1. The summed E-state index contributed by atoms with van der Waals surface area (Å²) in [6, 6.07) is 12.5.